The van der Waals surface area contributed by atoms with Gasteiger partial charge in [0.05, 0.1) is 16.9 Å². The Balaban J connectivity index is 2.77. The summed E-state index contributed by atoms with van der Waals surface area (Å²) in [5, 5.41) is 15.8. The summed E-state index contributed by atoms with van der Waals surface area (Å²) < 4.78 is 21.4. The van der Waals surface area contributed by atoms with Gasteiger partial charge in [0.2, 0.25) is 10.0 Å². The second kappa shape index (κ2) is 6.84. The molecule has 102 valence electrons. The number of amides is 1. The third kappa shape index (κ3) is 5.48. The second-order valence-electron chi connectivity index (χ2n) is 3.50. The van der Waals surface area contributed by atoms with Crippen LogP contribution in [0.1, 0.15) is 15.9 Å². The maximum atomic E-state index is 11.8. The highest BCUT2D eigenvalue weighted by atomic mass is 32.2. The lowest BCUT2D eigenvalue weighted by atomic mass is 10.1. The summed E-state index contributed by atoms with van der Waals surface area (Å²) in [5.41, 5.74) is 0.607. The molecule has 0 aliphatic rings. The Hall–Kier alpha value is -1.95. The van der Waals surface area contributed by atoms with Crippen LogP contribution in [0.2, 0.25) is 0 Å². The van der Waals surface area contributed by atoms with Gasteiger partial charge in [0.1, 0.15) is 6.61 Å². The summed E-state index contributed by atoms with van der Waals surface area (Å²) in [6.45, 7) is -0.422. The van der Waals surface area contributed by atoms with Gasteiger partial charge in [-0.05, 0) is 6.07 Å². The molecule has 0 aliphatic carbocycles. The van der Waals surface area contributed by atoms with Crippen LogP contribution in [0.15, 0.2) is 18.5 Å². The van der Waals surface area contributed by atoms with E-state index in [2.05, 4.69) is 22.1 Å². The molecule has 1 aromatic heterocycles. The van der Waals surface area contributed by atoms with Gasteiger partial charge in [0.15, 0.2) is 0 Å². The average Bonchev–Trinajstić information content (AvgIpc) is 2.35. The number of sulfonamides is 1. The van der Waals surface area contributed by atoms with Crippen LogP contribution in [0, 0.1) is 11.8 Å². The summed E-state index contributed by atoms with van der Waals surface area (Å²) in [7, 11) is -3.61. The van der Waals surface area contributed by atoms with E-state index in [0.717, 1.165) is 0 Å². The molecule has 0 atom stereocenters. The molecule has 0 saturated heterocycles. The van der Waals surface area contributed by atoms with Crippen LogP contribution in [0.3, 0.4) is 0 Å². The van der Waals surface area contributed by atoms with Gasteiger partial charge in [0, 0.05) is 18.9 Å². The van der Waals surface area contributed by atoms with Crippen LogP contribution in [0.4, 0.5) is 0 Å². The van der Waals surface area contributed by atoms with E-state index in [0.29, 0.717) is 5.56 Å². The molecule has 0 radical (unpaired) electrons. The van der Waals surface area contributed by atoms with Crippen LogP contribution >= 0.6 is 0 Å². The van der Waals surface area contributed by atoms with Crippen molar-refractivity contribution in [3.63, 3.8) is 0 Å². The highest BCUT2D eigenvalue weighted by molar-refractivity contribution is 7.89. The van der Waals surface area contributed by atoms with Crippen LogP contribution in [-0.2, 0) is 10.0 Å². The molecule has 7 nitrogen and oxygen atoms in total. The van der Waals surface area contributed by atoms with E-state index in [4.69, 9.17) is 10.2 Å². The Bertz CT molecular complexity index is 616. The zero-order valence-corrected chi connectivity index (χ0v) is 10.8. The summed E-state index contributed by atoms with van der Waals surface area (Å²) in [5.74, 6) is 4.17. The lowest BCUT2D eigenvalue weighted by molar-refractivity contribution is 0.0956. The number of aliphatic hydroxyl groups is 1. The molecule has 1 aromatic rings. The van der Waals surface area contributed by atoms with Crippen LogP contribution in [-0.4, -0.2) is 43.3 Å². The smallest absolute Gasteiger partial charge is 0.252 e. The van der Waals surface area contributed by atoms with Crippen LogP contribution in [0.5, 0.6) is 0 Å². The maximum absolute atomic E-state index is 11.8. The monoisotopic (exact) mass is 283 g/mol. The molecular weight excluding hydrogens is 270 g/mol. The molecule has 0 spiro atoms. The van der Waals surface area contributed by atoms with Crippen molar-refractivity contribution in [2.45, 2.75) is 0 Å². The molecule has 0 aliphatic heterocycles. The van der Waals surface area contributed by atoms with E-state index in [1.54, 1.807) is 0 Å². The Morgan fingerprint density at radius 3 is 2.89 bits per heavy atom. The van der Waals surface area contributed by atoms with Crippen molar-refractivity contribution in [1.82, 2.24) is 10.3 Å². The minimum Gasteiger partial charge on any atom is -0.384 e. The Morgan fingerprint density at radius 1 is 1.53 bits per heavy atom. The highest BCUT2D eigenvalue weighted by Gasteiger charge is 2.10. The lowest BCUT2D eigenvalue weighted by Gasteiger charge is -2.05. The van der Waals surface area contributed by atoms with Crippen molar-refractivity contribution in [1.29, 1.82) is 0 Å². The standard InChI is InChI=1S/C11H13N3O4S/c12-19(17,18)7-5-14-11(16)10-3-4-13-8-9(10)2-1-6-15/h3-4,8,15H,5-7H2,(H,14,16)(H2,12,17,18). The lowest BCUT2D eigenvalue weighted by Crippen LogP contribution is -2.31. The van der Waals surface area contributed by atoms with Crippen LogP contribution < -0.4 is 10.5 Å². The molecule has 0 bridgehead atoms. The molecule has 1 amide bonds. The van der Waals surface area contributed by atoms with Gasteiger partial charge < -0.3 is 10.4 Å². The van der Waals surface area contributed by atoms with Gasteiger partial charge in [-0.3, -0.25) is 9.78 Å². The van der Waals surface area contributed by atoms with Gasteiger partial charge in [0.25, 0.3) is 5.91 Å². The number of nitrogens with zero attached hydrogens (tertiary/aromatic N) is 1. The van der Waals surface area contributed by atoms with E-state index < -0.39 is 15.9 Å². The van der Waals surface area contributed by atoms with Crippen molar-refractivity contribution in [2.75, 3.05) is 18.9 Å². The van der Waals surface area contributed by atoms with Crippen molar-refractivity contribution in [3.05, 3.63) is 29.6 Å². The quantitative estimate of drug-likeness (QED) is 0.577. The van der Waals surface area contributed by atoms with Gasteiger partial charge in [-0.15, -0.1) is 0 Å². The minimum atomic E-state index is -3.61. The predicted molar refractivity (Wildman–Crippen MR) is 68.5 cm³/mol. The molecule has 4 N–H and O–H groups in total. The van der Waals surface area contributed by atoms with Crippen molar-refractivity contribution in [2.24, 2.45) is 5.14 Å². The molecule has 0 aromatic carbocycles. The predicted octanol–water partition coefficient (Wildman–Crippen LogP) is -1.56. The molecule has 1 heterocycles. The first-order chi connectivity index (χ1) is 8.94. The van der Waals surface area contributed by atoms with Gasteiger partial charge in [-0.2, -0.15) is 0 Å². The summed E-state index contributed by atoms with van der Waals surface area (Å²) in [6, 6.07) is 1.45. The van der Waals surface area contributed by atoms with E-state index in [1.165, 1.54) is 18.5 Å². The van der Waals surface area contributed by atoms with Gasteiger partial charge in [-0.1, -0.05) is 11.8 Å². The van der Waals surface area contributed by atoms with Crippen molar-refractivity contribution in [3.8, 4) is 11.8 Å². The fraction of sp³-hybridized carbons (Fsp3) is 0.273. The number of rotatable bonds is 4. The average molecular weight is 283 g/mol. The molecule has 0 unspecified atom stereocenters. The third-order valence-electron chi connectivity index (χ3n) is 2.04. The van der Waals surface area contributed by atoms with Crippen molar-refractivity contribution < 1.29 is 18.3 Å². The number of carbonyl (C=O) groups is 1. The largest absolute Gasteiger partial charge is 0.384 e. The third-order valence-corrected chi connectivity index (χ3v) is 2.81. The highest BCUT2D eigenvalue weighted by Crippen LogP contribution is 2.04. The SMILES string of the molecule is NS(=O)(=O)CCNC(=O)c1ccncc1C#CCO. The summed E-state index contributed by atoms with van der Waals surface area (Å²) >= 11 is 0. The molecule has 19 heavy (non-hydrogen) atoms. The van der Waals surface area contributed by atoms with E-state index in [9.17, 15) is 13.2 Å². The van der Waals surface area contributed by atoms with Gasteiger partial charge >= 0.3 is 0 Å². The summed E-state index contributed by atoms with van der Waals surface area (Å²) in [6.07, 6.45) is 2.80. The molecule has 1 rings (SSSR count). The normalized spacial score (nSPS) is 10.4. The number of carbonyl (C=O) groups excluding carboxylic acids is 1. The van der Waals surface area contributed by atoms with Crippen molar-refractivity contribution >= 4 is 15.9 Å². The van der Waals surface area contributed by atoms with E-state index in [-0.39, 0.29) is 24.5 Å². The Morgan fingerprint density at radius 2 is 2.26 bits per heavy atom. The van der Waals surface area contributed by atoms with Gasteiger partial charge in [-0.25, -0.2) is 13.6 Å². The first-order valence-electron chi connectivity index (χ1n) is 5.26. The number of nitrogens with two attached hydrogens (primary N) is 1. The second-order valence-corrected chi connectivity index (χ2v) is 5.24. The molecule has 0 fully saturated rings. The number of hydrogen-bond donors (Lipinski definition) is 3. The zero-order chi connectivity index (χ0) is 14.3. The van der Waals surface area contributed by atoms with E-state index in [1.807, 2.05) is 0 Å². The molecular formula is C11H13N3O4S. The number of aromatic nitrogens is 1. The number of pyridine rings is 1. The first-order valence-corrected chi connectivity index (χ1v) is 6.98. The molecule has 8 heteroatoms. The maximum Gasteiger partial charge on any atom is 0.252 e. The van der Waals surface area contributed by atoms with E-state index >= 15 is 0 Å². The number of aliphatic hydroxyl groups excluding tert-OH is 1. The number of primary sulfonamides is 1. The molecule has 0 saturated carbocycles. The fourth-order valence-corrected chi connectivity index (χ4v) is 1.62. The Labute approximate surface area is 110 Å². The Kier molecular flexibility index (Phi) is 5.44. The number of hydrogen-bond acceptors (Lipinski definition) is 5. The fourth-order valence-electron chi connectivity index (χ4n) is 1.23. The zero-order valence-electron chi connectivity index (χ0n) is 9.96. The van der Waals surface area contributed by atoms with Crippen LogP contribution in [0.25, 0.3) is 0 Å². The topological polar surface area (TPSA) is 122 Å². The number of nitrogens with one attached hydrogen (secondary N) is 1. The summed E-state index contributed by atoms with van der Waals surface area (Å²) in [4.78, 5) is 15.6. The first kappa shape index (κ1) is 15.1. The minimum absolute atomic E-state index is 0.0904.